The normalized spacial score (nSPS) is 12.4. The Hall–Kier alpha value is -0.410. The summed E-state index contributed by atoms with van der Waals surface area (Å²) in [5, 5.41) is 8.42. The average Bonchev–Trinajstić information content (AvgIpc) is 2.33. The molecule has 0 saturated heterocycles. The molecule has 9 heteroatoms. The average molecular weight is 318 g/mol. The fourth-order valence-electron chi connectivity index (χ4n) is 0.789. The van der Waals surface area contributed by atoms with Gasteiger partial charge in [0.25, 0.3) is 0 Å². The molecule has 0 fully saturated rings. The Kier molecular flexibility index (Phi) is 13.5. The maximum absolute atomic E-state index is 10.7. The van der Waals surface area contributed by atoms with Gasteiger partial charge in [0.1, 0.15) is 6.61 Å². The van der Waals surface area contributed by atoms with Crippen LogP contribution in [0.15, 0.2) is 12.2 Å². The second kappa shape index (κ2) is 12.3. The zero-order valence-corrected chi connectivity index (χ0v) is 14.7. The number of carbonyl (C=O) groups excluding carboxylic acids is 1. The summed E-state index contributed by atoms with van der Waals surface area (Å²) in [6, 6.07) is 0. The molecule has 1 atom stereocenters. The van der Waals surface area contributed by atoms with Crippen LogP contribution in [0.2, 0.25) is 3.67 Å². The molecule has 0 aliphatic carbocycles. The van der Waals surface area contributed by atoms with Crippen molar-refractivity contribution >= 4 is 50.0 Å². The molecule has 0 bridgehead atoms. The van der Waals surface area contributed by atoms with Crippen molar-refractivity contribution in [1.29, 1.82) is 0 Å². The van der Waals surface area contributed by atoms with Crippen LogP contribution in [0, 0.1) is 5.92 Å². The van der Waals surface area contributed by atoms with Crippen LogP contribution in [-0.4, -0.2) is 70.3 Å². The van der Waals surface area contributed by atoms with E-state index in [9.17, 15) is 18.0 Å². The van der Waals surface area contributed by atoms with Gasteiger partial charge in [-0.15, -0.1) is 0 Å². The van der Waals surface area contributed by atoms with E-state index in [1.165, 1.54) is 19.1 Å². The quantitative estimate of drug-likeness (QED) is 0.306. The van der Waals surface area contributed by atoms with Crippen LogP contribution in [0.1, 0.15) is 20.3 Å². The van der Waals surface area contributed by atoms with Crippen molar-refractivity contribution in [3.05, 3.63) is 12.2 Å². The predicted molar refractivity (Wildman–Crippen MR) is 74.2 cm³/mol. The topological polar surface area (TPSA) is 118 Å². The molecule has 2 N–H and O–H groups in total. The first-order valence-electron chi connectivity index (χ1n) is 6.11. The number of carboxylic acids is 1. The molecule has 0 heterocycles. The molecule has 0 aromatic heterocycles. The van der Waals surface area contributed by atoms with Gasteiger partial charge in [0.2, 0.25) is 0 Å². The van der Waals surface area contributed by atoms with Crippen LogP contribution in [-0.2, 0) is 24.4 Å². The number of esters is 1. The Morgan fingerprint density at radius 3 is 2.25 bits per heavy atom. The van der Waals surface area contributed by atoms with E-state index in [1.54, 1.807) is 6.92 Å². The van der Waals surface area contributed by atoms with Crippen molar-refractivity contribution in [2.24, 2.45) is 5.92 Å². The Morgan fingerprint density at radius 2 is 1.95 bits per heavy atom. The summed E-state index contributed by atoms with van der Waals surface area (Å²) in [6.45, 7) is 3.08. The number of hydrogen-bond acceptors (Lipinski definition) is 5. The fourth-order valence-corrected chi connectivity index (χ4v) is 2.31. The Labute approximate surface area is 136 Å². The van der Waals surface area contributed by atoms with E-state index in [0.717, 1.165) is 31.6 Å². The van der Waals surface area contributed by atoms with E-state index < -0.39 is 28.0 Å². The number of hydrogen-bond donors (Lipinski definition) is 2. The molecule has 0 aliphatic heterocycles. The fraction of sp³-hybridized carbons (Fsp3) is 0.636. The molecule has 0 amide bonds. The summed E-state index contributed by atoms with van der Waals surface area (Å²) >= 11 is 1.01. The number of rotatable bonds is 7. The molecule has 7 nitrogen and oxygen atoms in total. The van der Waals surface area contributed by atoms with Crippen LogP contribution in [0.4, 0.5) is 0 Å². The molecule has 0 radical (unpaired) electrons. The van der Waals surface area contributed by atoms with Gasteiger partial charge in [0.05, 0.1) is 5.92 Å². The summed E-state index contributed by atoms with van der Waals surface area (Å²) in [5.41, 5.74) is 0. The minimum absolute atomic E-state index is 0.0729. The Morgan fingerprint density at radius 1 is 1.40 bits per heavy atom. The Bertz CT molecular complexity index is 416. The Balaban J connectivity index is 0. The van der Waals surface area contributed by atoms with Gasteiger partial charge in [-0.25, -0.2) is 4.79 Å². The molecule has 20 heavy (non-hydrogen) atoms. The molecule has 0 rings (SSSR count). The zero-order chi connectivity index (χ0) is 16.2. The zero-order valence-electron chi connectivity index (χ0n) is 11.9. The van der Waals surface area contributed by atoms with Crippen LogP contribution in [0.5, 0.6) is 0 Å². The summed E-state index contributed by atoms with van der Waals surface area (Å²) in [6.07, 6.45) is 3.38. The van der Waals surface area contributed by atoms with E-state index in [-0.39, 0.29) is 12.4 Å². The van der Waals surface area contributed by atoms with Crippen molar-refractivity contribution < 1.29 is 32.4 Å². The minimum atomic E-state index is -3.66. The standard InChI is InChI=1S/C8H12O4.C3H7O3S.Na/c1-3-4-7(9)12-5-6(2)8(10)11;1-2-3-7(4,5)6;/h3-4,6H,5H2,1-2H3,(H,10,11);1-3H2,(H,4,5,6);. The van der Waals surface area contributed by atoms with Crippen LogP contribution >= 0.6 is 0 Å². The predicted octanol–water partition coefficient (Wildman–Crippen LogP) is 0.677. The number of aliphatic carboxylic acids is 1. The molecule has 112 valence electrons. The second-order valence-corrected chi connectivity index (χ2v) is 6.58. The molecule has 0 spiro atoms. The third kappa shape index (κ3) is 17.6. The molecule has 0 saturated carbocycles. The molecule has 1 unspecified atom stereocenters. The summed E-state index contributed by atoms with van der Waals surface area (Å²) in [4.78, 5) is 20.9. The first-order chi connectivity index (χ1) is 9.14. The number of ether oxygens (including phenoxy) is 1. The van der Waals surface area contributed by atoms with Gasteiger partial charge in [0, 0.05) is 6.08 Å². The van der Waals surface area contributed by atoms with Crippen LogP contribution < -0.4 is 0 Å². The van der Waals surface area contributed by atoms with Crippen molar-refractivity contribution in [2.75, 3.05) is 12.4 Å². The summed E-state index contributed by atoms with van der Waals surface area (Å²) in [5.74, 6) is -2.20. The first-order valence-corrected chi connectivity index (χ1v) is 9.13. The number of carboxylic acid groups (broad SMARTS) is 1. The molecule has 0 aliphatic rings. The van der Waals surface area contributed by atoms with E-state index >= 15 is 0 Å². The van der Waals surface area contributed by atoms with Gasteiger partial charge in [-0.2, -0.15) is 0 Å². The summed E-state index contributed by atoms with van der Waals surface area (Å²) in [7, 11) is -3.66. The first kappa shape index (κ1) is 21.9. The van der Waals surface area contributed by atoms with Gasteiger partial charge in [0.15, 0.2) is 0 Å². The van der Waals surface area contributed by atoms with E-state index in [0.29, 0.717) is 6.42 Å². The van der Waals surface area contributed by atoms with E-state index in [1.807, 2.05) is 0 Å². The summed E-state index contributed by atoms with van der Waals surface area (Å²) < 4.78 is 33.6. The van der Waals surface area contributed by atoms with Crippen molar-refractivity contribution in [3.8, 4) is 0 Å². The molecular formula is C11H19NaO7S. The van der Waals surface area contributed by atoms with Crippen LogP contribution in [0.25, 0.3) is 0 Å². The SMILES string of the molecule is CC=CC(=O)OCC(C)C(=O)O.O=S(=O)(O)CC[CH2][Na]. The van der Waals surface area contributed by atoms with Gasteiger partial charge in [-0.3, -0.25) is 4.79 Å². The monoisotopic (exact) mass is 318 g/mol. The van der Waals surface area contributed by atoms with Crippen molar-refractivity contribution in [2.45, 2.75) is 23.9 Å². The van der Waals surface area contributed by atoms with Gasteiger partial charge < -0.3 is 9.84 Å². The number of carbonyl (C=O) groups is 2. The second-order valence-electron chi connectivity index (χ2n) is 4.01. The van der Waals surface area contributed by atoms with Crippen molar-refractivity contribution in [3.63, 3.8) is 0 Å². The van der Waals surface area contributed by atoms with Gasteiger partial charge in [-0.1, -0.05) is 6.08 Å². The third-order valence-electron chi connectivity index (χ3n) is 1.96. The molecule has 0 aromatic rings. The van der Waals surface area contributed by atoms with Gasteiger partial charge in [-0.05, 0) is 13.8 Å². The number of allylic oxidation sites excluding steroid dienone is 1. The molecule has 0 aromatic carbocycles. The van der Waals surface area contributed by atoms with Gasteiger partial charge >= 0.3 is 78.8 Å². The maximum atomic E-state index is 10.7. The van der Waals surface area contributed by atoms with E-state index in [2.05, 4.69) is 4.74 Å². The van der Waals surface area contributed by atoms with Crippen LogP contribution in [0.3, 0.4) is 0 Å². The third-order valence-corrected chi connectivity index (χ3v) is 3.47. The van der Waals surface area contributed by atoms with Crippen molar-refractivity contribution in [1.82, 2.24) is 0 Å². The van der Waals surface area contributed by atoms with E-state index in [4.69, 9.17) is 9.66 Å². The molecular weight excluding hydrogens is 299 g/mol.